The van der Waals surface area contributed by atoms with Crippen molar-refractivity contribution in [2.45, 2.75) is 25.1 Å². The summed E-state index contributed by atoms with van der Waals surface area (Å²) in [6, 6.07) is 15.3. The molecule has 138 valence electrons. The highest BCUT2D eigenvalue weighted by Gasteiger charge is 2.37. The zero-order chi connectivity index (χ0) is 17.9. The van der Waals surface area contributed by atoms with Gasteiger partial charge < -0.3 is 9.47 Å². The first-order chi connectivity index (χ1) is 12.7. The highest BCUT2D eigenvalue weighted by Crippen LogP contribution is 2.27. The number of hydrogen-bond donors (Lipinski definition) is 0. The van der Waals surface area contributed by atoms with Gasteiger partial charge in [0.15, 0.2) is 0 Å². The molecule has 0 N–H and O–H groups in total. The van der Waals surface area contributed by atoms with Gasteiger partial charge in [0.1, 0.15) is 23.4 Å². The first kappa shape index (κ1) is 17.3. The lowest BCUT2D eigenvalue weighted by atomic mass is 10.1. The number of ether oxygens (including phenoxy) is 2. The lowest BCUT2D eigenvalue weighted by molar-refractivity contribution is 0.0978. The van der Waals surface area contributed by atoms with Crippen LogP contribution in [0.1, 0.15) is 12.0 Å². The van der Waals surface area contributed by atoms with E-state index in [9.17, 15) is 4.39 Å². The molecule has 4 rings (SSSR count). The van der Waals surface area contributed by atoms with Gasteiger partial charge >= 0.3 is 0 Å². The molecule has 0 spiro atoms. The van der Waals surface area contributed by atoms with Crippen LogP contribution < -0.4 is 9.47 Å². The van der Waals surface area contributed by atoms with E-state index in [-0.39, 0.29) is 11.9 Å². The van der Waals surface area contributed by atoms with Crippen LogP contribution in [-0.4, -0.2) is 55.2 Å². The van der Waals surface area contributed by atoms with Gasteiger partial charge in [0, 0.05) is 51.3 Å². The Labute approximate surface area is 154 Å². The van der Waals surface area contributed by atoms with Crippen molar-refractivity contribution in [3.05, 3.63) is 59.9 Å². The van der Waals surface area contributed by atoms with Crippen molar-refractivity contribution in [2.24, 2.45) is 0 Å². The highest BCUT2D eigenvalue weighted by molar-refractivity contribution is 5.27. The van der Waals surface area contributed by atoms with Crippen LogP contribution >= 0.6 is 0 Å². The number of hydrogen-bond acceptors (Lipinski definition) is 4. The minimum atomic E-state index is -0.246. The molecule has 2 atom stereocenters. The number of rotatable bonds is 5. The molecule has 2 saturated heterocycles. The van der Waals surface area contributed by atoms with E-state index in [1.54, 1.807) is 13.2 Å². The Balaban J connectivity index is 1.32. The largest absolute Gasteiger partial charge is 0.497 e. The van der Waals surface area contributed by atoms with Gasteiger partial charge in [0.2, 0.25) is 0 Å². The van der Waals surface area contributed by atoms with Crippen LogP contribution in [0.15, 0.2) is 48.5 Å². The molecular formula is C21H25FN2O2. The molecule has 0 aliphatic carbocycles. The van der Waals surface area contributed by atoms with Crippen molar-refractivity contribution in [1.29, 1.82) is 0 Å². The molecule has 4 nitrogen and oxygen atoms in total. The molecule has 0 amide bonds. The van der Waals surface area contributed by atoms with Crippen molar-refractivity contribution < 1.29 is 13.9 Å². The van der Waals surface area contributed by atoms with Gasteiger partial charge in [-0.05, 0) is 29.8 Å². The van der Waals surface area contributed by atoms with Crippen molar-refractivity contribution in [3.63, 3.8) is 0 Å². The third kappa shape index (κ3) is 4.00. The van der Waals surface area contributed by atoms with E-state index < -0.39 is 0 Å². The zero-order valence-electron chi connectivity index (χ0n) is 15.1. The van der Waals surface area contributed by atoms with E-state index >= 15 is 0 Å². The van der Waals surface area contributed by atoms with E-state index in [2.05, 4.69) is 21.9 Å². The molecule has 2 heterocycles. The van der Waals surface area contributed by atoms with E-state index in [1.165, 1.54) is 17.7 Å². The summed E-state index contributed by atoms with van der Waals surface area (Å²) in [5.41, 5.74) is 1.31. The summed E-state index contributed by atoms with van der Waals surface area (Å²) >= 11 is 0. The Bertz CT molecular complexity index is 737. The Hall–Kier alpha value is -2.11. The summed E-state index contributed by atoms with van der Waals surface area (Å²) < 4.78 is 24.6. The Morgan fingerprint density at radius 1 is 1.04 bits per heavy atom. The summed E-state index contributed by atoms with van der Waals surface area (Å²) in [6.45, 7) is 5.06. The maximum atomic E-state index is 13.3. The van der Waals surface area contributed by atoms with E-state index in [0.717, 1.165) is 44.9 Å². The number of benzene rings is 2. The molecule has 0 unspecified atom stereocenters. The van der Waals surface area contributed by atoms with Crippen LogP contribution in [-0.2, 0) is 6.54 Å². The number of methoxy groups -OCH3 is 1. The fourth-order valence-electron chi connectivity index (χ4n) is 4.01. The van der Waals surface area contributed by atoms with Gasteiger partial charge in [0.25, 0.3) is 0 Å². The fourth-order valence-corrected chi connectivity index (χ4v) is 4.01. The van der Waals surface area contributed by atoms with Crippen molar-refractivity contribution >= 4 is 0 Å². The Morgan fingerprint density at radius 3 is 2.65 bits per heavy atom. The molecule has 2 aliphatic heterocycles. The van der Waals surface area contributed by atoms with Crippen LogP contribution in [0.5, 0.6) is 11.5 Å². The molecular weight excluding hydrogens is 331 g/mol. The van der Waals surface area contributed by atoms with Gasteiger partial charge in [-0.25, -0.2) is 4.39 Å². The predicted molar refractivity (Wildman–Crippen MR) is 99.1 cm³/mol. The standard InChI is InChI=1S/C21H25FN2O2/c1-25-19-7-5-16(6-8-19)13-23-9-10-24-15-21(12-18(24)14-23)26-20-4-2-3-17(22)11-20/h2-8,11,18,21H,9-10,12-15H2,1H3/t18-,21+/m0/s1. The predicted octanol–water partition coefficient (Wildman–Crippen LogP) is 3.17. The summed E-state index contributed by atoms with van der Waals surface area (Å²) in [5.74, 6) is 1.28. The second-order valence-electron chi connectivity index (χ2n) is 7.16. The third-order valence-corrected chi connectivity index (χ3v) is 5.33. The summed E-state index contributed by atoms with van der Waals surface area (Å²) in [4.78, 5) is 5.02. The van der Waals surface area contributed by atoms with Crippen LogP contribution in [0.25, 0.3) is 0 Å². The molecule has 2 aliphatic rings. The molecule has 2 aromatic carbocycles. The van der Waals surface area contributed by atoms with Crippen molar-refractivity contribution in [1.82, 2.24) is 9.80 Å². The average molecular weight is 356 g/mol. The van der Waals surface area contributed by atoms with Crippen LogP contribution in [0.4, 0.5) is 4.39 Å². The molecule has 2 fully saturated rings. The summed E-state index contributed by atoms with van der Waals surface area (Å²) in [6.07, 6.45) is 1.14. The van der Waals surface area contributed by atoms with E-state index in [4.69, 9.17) is 9.47 Å². The number of nitrogens with zero attached hydrogens (tertiary/aromatic N) is 2. The quantitative estimate of drug-likeness (QED) is 0.822. The molecule has 0 radical (unpaired) electrons. The lowest BCUT2D eigenvalue weighted by Gasteiger charge is -2.37. The Morgan fingerprint density at radius 2 is 1.88 bits per heavy atom. The smallest absolute Gasteiger partial charge is 0.126 e. The maximum Gasteiger partial charge on any atom is 0.126 e. The maximum absolute atomic E-state index is 13.3. The van der Waals surface area contributed by atoms with Gasteiger partial charge in [-0.3, -0.25) is 9.80 Å². The first-order valence-electron chi connectivity index (χ1n) is 9.21. The minimum absolute atomic E-state index is 0.141. The highest BCUT2D eigenvalue weighted by atomic mass is 19.1. The molecule has 0 bridgehead atoms. The van der Waals surface area contributed by atoms with Gasteiger partial charge in [0.05, 0.1) is 7.11 Å². The van der Waals surface area contributed by atoms with E-state index in [1.807, 2.05) is 18.2 Å². The zero-order valence-corrected chi connectivity index (χ0v) is 15.1. The topological polar surface area (TPSA) is 24.9 Å². The summed E-state index contributed by atoms with van der Waals surface area (Å²) in [7, 11) is 1.69. The van der Waals surface area contributed by atoms with Crippen LogP contribution in [0, 0.1) is 5.82 Å². The first-order valence-corrected chi connectivity index (χ1v) is 9.21. The van der Waals surface area contributed by atoms with E-state index in [0.29, 0.717) is 11.8 Å². The van der Waals surface area contributed by atoms with Gasteiger partial charge in [-0.1, -0.05) is 18.2 Å². The number of piperazine rings is 1. The number of fused-ring (bicyclic) bond motifs is 1. The third-order valence-electron chi connectivity index (χ3n) is 5.33. The lowest BCUT2D eigenvalue weighted by Crippen LogP contribution is -2.49. The molecule has 0 saturated carbocycles. The molecule has 0 aromatic heterocycles. The molecule has 26 heavy (non-hydrogen) atoms. The molecule has 5 heteroatoms. The Kier molecular flexibility index (Phi) is 5.09. The van der Waals surface area contributed by atoms with Gasteiger partial charge in [-0.2, -0.15) is 0 Å². The SMILES string of the molecule is COc1ccc(CN2CCN3C[C@H](Oc4cccc(F)c4)C[C@H]3C2)cc1. The summed E-state index contributed by atoms with van der Waals surface area (Å²) in [5, 5.41) is 0. The number of halogens is 1. The average Bonchev–Trinajstić information content (AvgIpc) is 3.04. The van der Waals surface area contributed by atoms with Gasteiger partial charge in [-0.15, -0.1) is 0 Å². The normalized spacial score (nSPS) is 23.6. The molecule has 2 aromatic rings. The monoisotopic (exact) mass is 356 g/mol. The van der Waals surface area contributed by atoms with Crippen LogP contribution in [0.3, 0.4) is 0 Å². The second kappa shape index (κ2) is 7.64. The van der Waals surface area contributed by atoms with Crippen molar-refractivity contribution in [3.8, 4) is 11.5 Å². The van der Waals surface area contributed by atoms with Crippen molar-refractivity contribution in [2.75, 3.05) is 33.3 Å². The fraction of sp³-hybridized carbons (Fsp3) is 0.429. The van der Waals surface area contributed by atoms with Crippen LogP contribution in [0.2, 0.25) is 0 Å². The minimum Gasteiger partial charge on any atom is -0.497 e. The second-order valence-corrected chi connectivity index (χ2v) is 7.16.